The molecule has 1 heteroatoms. The predicted octanol–water partition coefficient (Wildman–Crippen LogP) is 2.85. The van der Waals surface area contributed by atoms with Gasteiger partial charge in [0.25, 0.3) is 0 Å². The van der Waals surface area contributed by atoms with E-state index in [-0.39, 0.29) is 0 Å². The first kappa shape index (κ1) is 9.05. The van der Waals surface area contributed by atoms with Gasteiger partial charge in [0.1, 0.15) is 0 Å². The molecule has 0 aromatic heterocycles. The van der Waals surface area contributed by atoms with Crippen molar-refractivity contribution in [2.75, 3.05) is 6.61 Å². The molecule has 0 amide bonds. The van der Waals surface area contributed by atoms with Crippen molar-refractivity contribution < 1.29 is 4.74 Å². The molecule has 1 rings (SSSR count). The van der Waals surface area contributed by atoms with Gasteiger partial charge in [0, 0.05) is 6.61 Å². The highest BCUT2D eigenvalue weighted by Gasteiger charge is 2.27. The van der Waals surface area contributed by atoms with E-state index < -0.39 is 0 Å². The van der Waals surface area contributed by atoms with Crippen molar-refractivity contribution in [1.82, 2.24) is 0 Å². The largest absolute Gasteiger partial charge is 0.378 e. The summed E-state index contributed by atoms with van der Waals surface area (Å²) in [4.78, 5) is 0. The maximum absolute atomic E-state index is 5.71. The Bertz CT molecular complexity index is 101. The van der Waals surface area contributed by atoms with Gasteiger partial charge in [-0.25, -0.2) is 0 Å². The molecule has 1 nitrogen and oxygen atoms in total. The van der Waals surface area contributed by atoms with Crippen LogP contribution in [-0.4, -0.2) is 12.7 Å². The van der Waals surface area contributed by atoms with Crippen LogP contribution in [0.4, 0.5) is 0 Å². The second kappa shape index (κ2) is 4.10. The van der Waals surface area contributed by atoms with Crippen molar-refractivity contribution in [3.63, 3.8) is 0 Å². The van der Waals surface area contributed by atoms with Crippen molar-refractivity contribution in [2.45, 2.75) is 46.1 Å². The van der Waals surface area contributed by atoms with Gasteiger partial charge in [0.2, 0.25) is 0 Å². The first-order valence-corrected chi connectivity index (χ1v) is 4.87. The average Bonchev–Trinajstić information content (AvgIpc) is 1.97. The Hall–Kier alpha value is -0.0400. The van der Waals surface area contributed by atoms with Crippen LogP contribution in [0, 0.1) is 11.8 Å². The topological polar surface area (TPSA) is 9.23 Å². The SMILES string of the molecule is CCOC1C(C)CCCC1C. The fraction of sp³-hybridized carbons (Fsp3) is 1.00. The molecule has 0 aliphatic heterocycles. The van der Waals surface area contributed by atoms with Crippen LogP contribution < -0.4 is 0 Å². The molecule has 1 aliphatic rings. The Morgan fingerprint density at radius 1 is 1.18 bits per heavy atom. The van der Waals surface area contributed by atoms with E-state index >= 15 is 0 Å². The first-order valence-electron chi connectivity index (χ1n) is 4.87. The van der Waals surface area contributed by atoms with Crippen molar-refractivity contribution in [2.24, 2.45) is 11.8 Å². The molecule has 0 heterocycles. The van der Waals surface area contributed by atoms with E-state index in [0.717, 1.165) is 18.4 Å². The summed E-state index contributed by atoms with van der Waals surface area (Å²) in [5.41, 5.74) is 0. The van der Waals surface area contributed by atoms with Crippen LogP contribution in [-0.2, 0) is 4.74 Å². The predicted molar refractivity (Wildman–Crippen MR) is 47.6 cm³/mol. The molecule has 2 atom stereocenters. The van der Waals surface area contributed by atoms with Crippen LogP contribution in [0.3, 0.4) is 0 Å². The summed E-state index contributed by atoms with van der Waals surface area (Å²) in [5.74, 6) is 1.55. The Morgan fingerprint density at radius 3 is 2.18 bits per heavy atom. The van der Waals surface area contributed by atoms with Crippen molar-refractivity contribution in [1.29, 1.82) is 0 Å². The van der Waals surface area contributed by atoms with Gasteiger partial charge in [-0.2, -0.15) is 0 Å². The lowest BCUT2D eigenvalue weighted by Crippen LogP contribution is -2.32. The standard InChI is InChI=1S/C10H20O/c1-4-11-10-8(2)6-5-7-9(10)3/h8-10H,4-7H2,1-3H3. The molecule has 0 bridgehead atoms. The maximum Gasteiger partial charge on any atom is 0.0625 e. The summed E-state index contributed by atoms with van der Waals surface area (Å²) in [6, 6.07) is 0. The molecule has 0 aromatic rings. The summed E-state index contributed by atoms with van der Waals surface area (Å²) in [7, 11) is 0. The lowest BCUT2D eigenvalue weighted by Gasteiger charge is -2.34. The normalized spacial score (nSPS) is 39.0. The van der Waals surface area contributed by atoms with Gasteiger partial charge in [-0.05, 0) is 31.6 Å². The van der Waals surface area contributed by atoms with E-state index in [1.807, 2.05) is 0 Å². The number of hydrogen-bond donors (Lipinski definition) is 0. The van der Waals surface area contributed by atoms with Crippen LogP contribution in [0.5, 0.6) is 0 Å². The van der Waals surface area contributed by atoms with Crippen molar-refractivity contribution in [3.05, 3.63) is 0 Å². The first-order chi connectivity index (χ1) is 5.25. The molecular formula is C10H20O. The molecule has 1 fully saturated rings. The molecule has 0 radical (unpaired) electrons. The second-order valence-electron chi connectivity index (χ2n) is 3.81. The third-order valence-corrected chi connectivity index (χ3v) is 2.80. The van der Waals surface area contributed by atoms with E-state index in [0.29, 0.717) is 6.10 Å². The summed E-state index contributed by atoms with van der Waals surface area (Å²) < 4.78 is 5.71. The van der Waals surface area contributed by atoms with Crippen molar-refractivity contribution >= 4 is 0 Å². The maximum atomic E-state index is 5.71. The molecule has 0 aromatic carbocycles. The molecule has 11 heavy (non-hydrogen) atoms. The third kappa shape index (κ3) is 2.19. The van der Waals surface area contributed by atoms with Crippen LogP contribution in [0.2, 0.25) is 0 Å². The minimum Gasteiger partial charge on any atom is -0.378 e. The average molecular weight is 156 g/mol. The molecule has 0 saturated heterocycles. The summed E-state index contributed by atoms with van der Waals surface area (Å²) in [5, 5.41) is 0. The van der Waals surface area contributed by atoms with Gasteiger partial charge in [0.15, 0.2) is 0 Å². The van der Waals surface area contributed by atoms with Crippen LogP contribution in [0.15, 0.2) is 0 Å². The minimum atomic E-state index is 0.536. The Balaban J connectivity index is 2.41. The number of hydrogen-bond acceptors (Lipinski definition) is 1. The van der Waals surface area contributed by atoms with E-state index in [1.165, 1.54) is 19.3 Å². The van der Waals surface area contributed by atoms with Crippen LogP contribution >= 0.6 is 0 Å². The summed E-state index contributed by atoms with van der Waals surface area (Å²) >= 11 is 0. The molecule has 66 valence electrons. The molecular weight excluding hydrogens is 136 g/mol. The monoisotopic (exact) mass is 156 g/mol. The highest BCUT2D eigenvalue weighted by atomic mass is 16.5. The van der Waals surface area contributed by atoms with Gasteiger partial charge < -0.3 is 4.74 Å². The zero-order valence-corrected chi connectivity index (χ0v) is 7.97. The summed E-state index contributed by atoms with van der Waals surface area (Å²) in [6.45, 7) is 7.60. The lowest BCUT2D eigenvalue weighted by atomic mass is 9.81. The van der Waals surface area contributed by atoms with E-state index in [4.69, 9.17) is 4.74 Å². The van der Waals surface area contributed by atoms with Crippen LogP contribution in [0.1, 0.15) is 40.0 Å². The molecule has 2 unspecified atom stereocenters. The van der Waals surface area contributed by atoms with Crippen LogP contribution in [0.25, 0.3) is 0 Å². The van der Waals surface area contributed by atoms with E-state index in [1.54, 1.807) is 0 Å². The zero-order valence-electron chi connectivity index (χ0n) is 7.97. The van der Waals surface area contributed by atoms with Gasteiger partial charge >= 0.3 is 0 Å². The van der Waals surface area contributed by atoms with Crippen molar-refractivity contribution in [3.8, 4) is 0 Å². The minimum absolute atomic E-state index is 0.536. The zero-order chi connectivity index (χ0) is 8.27. The second-order valence-corrected chi connectivity index (χ2v) is 3.81. The molecule has 1 aliphatic carbocycles. The smallest absolute Gasteiger partial charge is 0.0625 e. The molecule has 0 spiro atoms. The molecule has 0 N–H and O–H groups in total. The third-order valence-electron chi connectivity index (χ3n) is 2.80. The Labute approximate surface area is 70.1 Å². The fourth-order valence-corrected chi connectivity index (χ4v) is 2.17. The van der Waals surface area contributed by atoms with Gasteiger partial charge in [-0.3, -0.25) is 0 Å². The lowest BCUT2D eigenvalue weighted by molar-refractivity contribution is -0.0317. The van der Waals surface area contributed by atoms with Gasteiger partial charge in [-0.1, -0.05) is 20.3 Å². The van der Waals surface area contributed by atoms with E-state index in [2.05, 4.69) is 20.8 Å². The van der Waals surface area contributed by atoms with Gasteiger partial charge in [-0.15, -0.1) is 0 Å². The van der Waals surface area contributed by atoms with Gasteiger partial charge in [0.05, 0.1) is 6.10 Å². The molecule has 1 saturated carbocycles. The quantitative estimate of drug-likeness (QED) is 0.597. The Kier molecular flexibility index (Phi) is 3.38. The highest BCUT2D eigenvalue weighted by molar-refractivity contribution is 4.77. The number of ether oxygens (including phenoxy) is 1. The number of rotatable bonds is 2. The fourth-order valence-electron chi connectivity index (χ4n) is 2.17. The highest BCUT2D eigenvalue weighted by Crippen LogP contribution is 2.30. The summed E-state index contributed by atoms with van der Waals surface area (Å²) in [6.07, 6.45) is 4.64. The Morgan fingerprint density at radius 2 is 1.73 bits per heavy atom. The van der Waals surface area contributed by atoms with E-state index in [9.17, 15) is 0 Å².